The van der Waals surface area contributed by atoms with Crippen LogP contribution in [0.1, 0.15) is 25.2 Å². The largest absolute Gasteiger partial charge is 0.379 e. The van der Waals surface area contributed by atoms with Gasteiger partial charge in [-0.2, -0.15) is 5.10 Å². The molecule has 1 aliphatic heterocycles. The predicted molar refractivity (Wildman–Crippen MR) is 73.1 cm³/mol. The Hall–Kier alpha value is -1.20. The van der Waals surface area contributed by atoms with Crippen molar-refractivity contribution >= 4 is 5.78 Å². The molecular formula is C14H23N3O2. The van der Waals surface area contributed by atoms with E-state index < -0.39 is 0 Å². The molecule has 0 aliphatic carbocycles. The number of ether oxygens (including phenoxy) is 1. The number of aromatic nitrogens is 2. The summed E-state index contributed by atoms with van der Waals surface area (Å²) in [7, 11) is 0. The van der Waals surface area contributed by atoms with Gasteiger partial charge in [0.15, 0.2) is 0 Å². The second-order valence-electron chi connectivity index (χ2n) is 5.04. The van der Waals surface area contributed by atoms with Crippen molar-refractivity contribution < 1.29 is 9.53 Å². The first-order valence-corrected chi connectivity index (χ1v) is 7.02. The lowest BCUT2D eigenvalue weighted by Crippen LogP contribution is -2.39. The van der Waals surface area contributed by atoms with Crippen LogP contribution in [0.4, 0.5) is 0 Å². The molecule has 0 radical (unpaired) electrons. The Bertz CT molecular complexity index is 442. The fraction of sp³-hybridized carbons (Fsp3) is 0.714. The van der Waals surface area contributed by atoms with E-state index in [1.807, 2.05) is 24.6 Å². The van der Waals surface area contributed by atoms with Crippen LogP contribution >= 0.6 is 0 Å². The van der Waals surface area contributed by atoms with Crippen LogP contribution in [0.3, 0.4) is 0 Å². The summed E-state index contributed by atoms with van der Waals surface area (Å²) in [6, 6.07) is 2.16. The van der Waals surface area contributed by atoms with E-state index in [0.29, 0.717) is 19.6 Å². The number of aryl methyl sites for hydroxylation is 2. The molecule has 2 rings (SSSR count). The third kappa shape index (κ3) is 3.22. The summed E-state index contributed by atoms with van der Waals surface area (Å²) in [5.41, 5.74) is 1.97. The fourth-order valence-electron chi connectivity index (χ4n) is 2.66. The zero-order valence-corrected chi connectivity index (χ0v) is 12.0. The van der Waals surface area contributed by atoms with Gasteiger partial charge >= 0.3 is 0 Å². The van der Waals surface area contributed by atoms with E-state index >= 15 is 0 Å². The average molecular weight is 265 g/mol. The molecule has 5 nitrogen and oxygen atoms in total. The summed E-state index contributed by atoms with van der Waals surface area (Å²) < 4.78 is 7.35. The topological polar surface area (TPSA) is 56.1 Å². The highest BCUT2D eigenvalue weighted by molar-refractivity contribution is 5.84. The van der Waals surface area contributed by atoms with Crippen LogP contribution in [0.25, 0.3) is 0 Å². The molecule has 0 spiro atoms. The number of nitrogens with zero attached hydrogens (tertiary/aromatic N) is 2. The standard InChI is InChI=1S/C14H23N3O2/c1-4-15-13-9-19-8-12(13)14(18)7-11-6-10(3)16-17(11)5-2/h6,12-13,15H,4-5,7-9H2,1-3H3. The molecule has 2 heterocycles. The summed E-state index contributed by atoms with van der Waals surface area (Å²) >= 11 is 0. The molecule has 2 unspecified atom stereocenters. The lowest BCUT2D eigenvalue weighted by molar-refractivity contribution is -0.122. The summed E-state index contributed by atoms with van der Waals surface area (Å²) in [4.78, 5) is 12.4. The van der Waals surface area contributed by atoms with Gasteiger partial charge in [-0.15, -0.1) is 0 Å². The number of nitrogens with one attached hydrogen (secondary N) is 1. The Labute approximate surface area is 114 Å². The van der Waals surface area contributed by atoms with Crippen LogP contribution in [-0.4, -0.2) is 41.4 Å². The van der Waals surface area contributed by atoms with Crippen molar-refractivity contribution in [1.29, 1.82) is 0 Å². The number of carbonyl (C=O) groups excluding carboxylic acids is 1. The van der Waals surface area contributed by atoms with Gasteiger partial charge in [0.2, 0.25) is 0 Å². The predicted octanol–water partition coefficient (Wildman–Crippen LogP) is 0.948. The van der Waals surface area contributed by atoms with Gasteiger partial charge < -0.3 is 10.1 Å². The van der Waals surface area contributed by atoms with Crippen LogP contribution in [0.5, 0.6) is 0 Å². The van der Waals surface area contributed by atoms with E-state index in [2.05, 4.69) is 17.3 Å². The minimum Gasteiger partial charge on any atom is -0.379 e. The number of likely N-dealkylation sites (N-methyl/N-ethyl adjacent to an activating group) is 1. The van der Waals surface area contributed by atoms with Crippen molar-refractivity contribution in [3.05, 3.63) is 17.5 Å². The molecule has 0 amide bonds. The molecule has 19 heavy (non-hydrogen) atoms. The molecule has 1 aromatic heterocycles. The first-order valence-electron chi connectivity index (χ1n) is 7.02. The third-order valence-electron chi connectivity index (χ3n) is 3.60. The summed E-state index contributed by atoms with van der Waals surface area (Å²) in [5.74, 6) is 0.221. The normalized spacial score (nSPS) is 22.9. The lowest BCUT2D eigenvalue weighted by atomic mass is 9.95. The molecule has 5 heteroatoms. The van der Waals surface area contributed by atoms with Gasteiger partial charge in [-0.1, -0.05) is 6.92 Å². The molecule has 106 valence electrons. The molecule has 1 fully saturated rings. The maximum atomic E-state index is 12.4. The first-order chi connectivity index (χ1) is 9.15. The first kappa shape index (κ1) is 14.2. The van der Waals surface area contributed by atoms with Crippen LogP contribution in [-0.2, 0) is 22.5 Å². The smallest absolute Gasteiger partial charge is 0.145 e. The number of rotatable bonds is 6. The van der Waals surface area contributed by atoms with Gasteiger partial charge in [-0.3, -0.25) is 9.48 Å². The zero-order chi connectivity index (χ0) is 13.8. The monoisotopic (exact) mass is 265 g/mol. The van der Waals surface area contributed by atoms with Crippen LogP contribution < -0.4 is 5.32 Å². The van der Waals surface area contributed by atoms with Crippen molar-refractivity contribution in [2.24, 2.45) is 5.92 Å². The highest BCUT2D eigenvalue weighted by Crippen LogP contribution is 2.17. The Morgan fingerprint density at radius 2 is 2.32 bits per heavy atom. The second-order valence-corrected chi connectivity index (χ2v) is 5.04. The minimum atomic E-state index is -0.0273. The molecular weight excluding hydrogens is 242 g/mol. The minimum absolute atomic E-state index is 0.0273. The fourth-order valence-corrected chi connectivity index (χ4v) is 2.66. The van der Waals surface area contributed by atoms with E-state index in [-0.39, 0.29) is 17.7 Å². The molecule has 0 bridgehead atoms. The zero-order valence-electron chi connectivity index (χ0n) is 12.0. The maximum absolute atomic E-state index is 12.4. The average Bonchev–Trinajstić information content (AvgIpc) is 2.96. The summed E-state index contributed by atoms with van der Waals surface area (Å²) in [6.45, 7) is 8.89. The Morgan fingerprint density at radius 3 is 3.00 bits per heavy atom. The summed E-state index contributed by atoms with van der Waals surface area (Å²) in [5, 5.41) is 7.71. The van der Waals surface area contributed by atoms with E-state index in [1.54, 1.807) is 0 Å². The van der Waals surface area contributed by atoms with E-state index in [1.165, 1.54) is 0 Å². The molecule has 1 N–H and O–H groups in total. The summed E-state index contributed by atoms with van der Waals surface area (Å²) in [6.07, 6.45) is 0.449. The second kappa shape index (κ2) is 6.30. The van der Waals surface area contributed by atoms with Gasteiger partial charge in [-0.25, -0.2) is 0 Å². The van der Waals surface area contributed by atoms with Crippen molar-refractivity contribution in [3.8, 4) is 0 Å². The number of Topliss-reactive ketones (excluding diaryl/α,β-unsaturated/α-hetero) is 1. The van der Waals surface area contributed by atoms with E-state index in [4.69, 9.17) is 4.74 Å². The molecule has 0 aromatic carbocycles. The SMILES string of the molecule is CCNC1COCC1C(=O)Cc1cc(C)nn1CC. The van der Waals surface area contributed by atoms with Gasteiger partial charge in [0.1, 0.15) is 5.78 Å². The molecule has 1 aromatic rings. The van der Waals surface area contributed by atoms with E-state index in [0.717, 1.165) is 24.5 Å². The highest BCUT2D eigenvalue weighted by atomic mass is 16.5. The third-order valence-corrected chi connectivity index (χ3v) is 3.60. The molecule has 0 saturated carbocycles. The number of hydrogen-bond donors (Lipinski definition) is 1. The van der Waals surface area contributed by atoms with Gasteiger partial charge in [0.25, 0.3) is 0 Å². The van der Waals surface area contributed by atoms with Gasteiger partial charge in [0.05, 0.1) is 24.8 Å². The number of hydrogen-bond acceptors (Lipinski definition) is 4. The van der Waals surface area contributed by atoms with Crippen LogP contribution in [0.2, 0.25) is 0 Å². The molecule has 2 atom stereocenters. The van der Waals surface area contributed by atoms with Crippen LogP contribution in [0, 0.1) is 12.8 Å². The van der Waals surface area contributed by atoms with Crippen molar-refractivity contribution in [3.63, 3.8) is 0 Å². The Kier molecular flexibility index (Phi) is 4.71. The molecule has 1 saturated heterocycles. The van der Waals surface area contributed by atoms with E-state index in [9.17, 15) is 4.79 Å². The molecule has 1 aliphatic rings. The van der Waals surface area contributed by atoms with Crippen molar-refractivity contribution in [2.75, 3.05) is 19.8 Å². The quantitative estimate of drug-likeness (QED) is 0.832. The number of ketones is 1. The maximum Gasteiger partial charge on any atom is 0.145 e. The Morgan fingerprint density at radius 1 is 1.53 bits per heavy atom. The Balaban J connectivity index is 2.03. The van der Waals surface area contributed by atoms with Crippen molar-refractivity contribution in [2.45, 2.75) is 39.8 Å². The lowest BCUT2D eigenvalue weighted by Gasteiger charge is -2.17. The van der Waals surface area contributed by atoms with Gasteiger partial charge in [-0.05, 0) is 26.5 Å². The van der Waals surface area contributed by atoms with Crippen molar-refractivity contribution in [1.82, 2.24) is 15.1 Å². The highest BCUT2D eigenvalue weighted by Gasteiger charge is 2.33. The number of carbonyl (C=O) groups is 1. The van der Waals surface area contributed by atoms with Gasteiger partial charge in [0, 0.05) is 24.7 Å². The van der Waals surface area contributed by atoms with Crippen LogP contribution in [0.15, 0.2) is 6.07 Å².